The van der Waals surface area contributed by atoms with Gasteiger partial charge < -0.3 is 14.5 Å². The molecule has 0 aliphatic heterocycles. The predicted octanol–water partition coefficient (Wildman–Crippen LogP) is 2.57. The smallest absolute Gasteiger partial charge is 0.349 e. The van der Waals surface area contributed by atoms with Gasteiger partial charge in [-0.1, -0.05) is 12.1 Å². The van der Waals surface area contributed by atoms with Gasteiger partial charge in [-0.2, -0.15) is 5.10 Å². The fourth-order valence-corrected chi connectivity index (χ4v) is 3.34. The van der Waals surface area contributed by atoms with Crippen LogP contribution in [0.3, 0.4) is 0 Å². The third-order valence-electron chi connectivity index (χ3n) is 4.05. The molecule has 2 aromatic carbocycles. The molecule has 32 heavy (non-hydrogen) atoms. The highest BCUT2D eigenvalue weighted by Gasteiger charge is 2.21. The second kappa shape index (κ2) is 9.56. The van der Waals surface area contributed by atoms with E-state index >= 15 is 0 Å². The van der Waals surface area contributed by atoms with Crippen LogP contribution in [0.4, 0.5) is 5.69 Å². The van der Waals surface area contributed by atoms with E-state index in [2.05, 4.69) is 26.0 Å². The van der Waals surface area contributed by atoms with E-state index in [0.717, 1.165) is 12.3 Å². The third-order valence-corrected chi connectivity index (χ3v) is 4.64. The zero-order valence-electron chi connectivity index (χ0n) is 16.9. The lowest BCUT2D eigenvalue weighted by Gasteiger charge is -2.11. The van der Waals surface area contributed by atoms with Crippen LogP contribution >= 0.6 is 15.9 Å². The zero-order valence-corrected chi connectivity index (χ0v) is 18.5. The second-order valence-electron chi connectivity index (χ2n) is 6.77. The SMILES string of the molecule is CC(C)OC(=O)COc1c(Br)cc(C=Nn2c(=O)[nH]c3ccccc3c2=O)cc1[N+](=O)[O-]. The van der Waals surface area contributed by atoms with Gasteiger partial charge in [0, 0.05) is 11.6 Å². The number of nitrogens with one attached hydrogen (secondary N) is 1. The summed E-state index contributed by atoms with van der Waals surface area (Å²) in [6, 6.07) is 9.01. The van der Waals surface area contributed by atoms with Crippen molar-refractivity contribution < 1.29 is 19.2 Å². The van der Waals surface area contributed by atoms with Crippen LogP contribution in [-0.4, -0.2) is 39.5 Å². The number of aromatic nitrogens is 2. The predicted molar refractivity (Wildman–Crippen MR) is 119 cm³/mol. The maximum atomic E-state index is 12.5. The molecule has 0 spiro atoms. The van der Waals surface area contributed by atoms with Crippen LogP contribution in [0, 0.1) is 10.1 Å². The monoisotopic (exact) mass is 504 g/mol. The van der Waals surface area contributed by atoms with Crippen LogP contribution in [0.2, 0.25) is 0 Å². The first kappa shape index (κ1) is 22.9. The summed E-state index contributed by atoms with van der Waals surface area (Å²) >= 11 is 3.18. The molecule has 0 atom stereocenters. The van der Waals surface area contributed by atoms with Gasteiger partial charge in [0.25, 0.3) is 5.56 Å². The molecule has 166 valence electrons. The van der Waals surface area contributed by atoms with Crippen molar-refractivity contribution >= 4 is 44.7 Å². The molecule has 1 heterocycles. The first-order chi connectivity index (χ1) is 15.2. The van der Waals surface area contributed by atoms with Crippen LogP contribution in [0.1, 0.15) is 19.4 Å². The Hall–Kier alpha value is -3.80. The van der Waals surface area contributed by atoms with Gasteiger partial charge in [0.15, 0.2) is 6.61 Å². The van der Waals surface area contributed by atoms with Crippen LogP contribution in [0.5, 0.6) is 5.75 Å². The average molecular weight is 505 g/mol. The van der Waals surface area contributed by atoms with Crippen LogP contribution < -0.4 is 16.0 Å². The molecule has 0 radical (unpaired) electrons. The summed E-state index contributed by atoms with van der Waals surface area (Å²) in [5, 5.41) is 15.7. The molecule has 0 aliphatic rings. The number of H-pyrrole nitrogens is 1. The van der Waals surface area contributed by atoms with Gasteiger partial charge in [-0.25, -0.2) is 9.59 Å². The summed E-state index contributed by atoms with van der Waals surface area (Å²) in [6.07, 6.45) is 0.768. The number of hydrogen-bond acceptors (Lipinski definition) is 8. The quantitative estimate of drug-likeness (QED) is 0.225. The number of fused-ring (bicyclic) bond motifs is 1. The van der Waals surface area contributed by atoms with E-state index in [1.807, 2.05) is 0 Å². The molecule has 3 aromatic rings. The van der Waals surface area contributed by atoms with Crippen LogP contribution in [0.25, 0.3) is 10.9 Å². The molecule has 3 rings (SSSR count). The average Bonchev–Trinajstić information content (AvgIpc) is 2.71. The Morgan fingerprint density at radius 3 is 2.72 bits per heavy atom. The molecular weight excluding hydrogens is 488 g/mol. The number of benzene rings is 2. The Labute approximate surface area is 188 Å². The van der Waals surface area contributed by atoms with Crippen molar-refractivity contribution in [2.24, 2.45) is 5.10 Å². The first-order valence-electron chi connectivity index (χ1n) is 9.26. The standard InChI is InChI=1S/C20H17BrN4O7/c1-11(2)32-17(26)10-31-18-14(21)7-12(8-16(18)25(29)30)9-22-24-19(27)13-5-3-4-6-15(13)23-20(24)28/h3-9,11H,10H2,1-2H3,(H,23,28). The van der Waals surface area contributed by atoms with Crippen LogP contribution in [0.15, 0.2) is 55.6 Å². The molecule has 1 aromatic heterocycles. The van der Waals surface area contributed by atoms with Gasteiger partial charge in [0.2, 0.25) is 5.75 Å². The number of ether oxygens (including phenoxy) is 2. The Morgan fingerprint density at radius 2 is 2.03 bits per heavy atom. The number of nitro benzene ring substituents is 1. The summed E-state index contributed by atoms with van der Waals surface area (Å²) in [6.45, 7) is 2.81. The van der Waals surface area contributed by atoms with Gasteiger partial charge in [0.05, 0.1) is 32.6 Å². The molecule has 12 heteroatoms. The molecular formula is C20H17BrN4O7. The summed E-state index contributed by atoms with van der Waals surface area (Å²) in [5.74, 6) is -0.852. The third kappa shape index (κ3) is 5.09. The summed E-state index contributed by atoms with van der Waals surface area (Å²) < 4.78 is 11.0. The normalized spacial score (nSPS) is 11.2. The van der Waals surface area contributed by atoms with Crippen molar-refractivity contribution in [1.29, 1.82) is 0 Å². The fraction of sp³-hybridized carbons (Fsp3) is 0.200. The number of rotatable bonds is 7. The number of carbonyl (C=O) groups is 1. The lowest BCUT2D eigenvalue weighted by Crippen LogP contribution is -2.32. The van der Waals surface area contributed by atoms with Gasteiger partial charge in [-0.05, 0) is 48.0 Å². The highest BCUT2D eigenvalue weighted by Crippen LogP contribution is 2.36. The number of hydrogen-bond donors (Lipinski definition) is 1. The Morgan fingerprint density at radius 1 is 1.31 bits per heavy atom. The van der Waals surface area contributed by atoms with Crippen molar-refractivity contribution in [3.05, 3.63) is 77.4 Å². The molecule has 0 amide bonds. The molecule has 0 unspecified atom stereocenters. The van der Waals surface area contributed by atoms with Crippen molar-refractivity contribution in [2.45, 2.75) is 20.0 Å². The van der Waals surface area contributed by atoms with E-state index in [0.29, 0.717) is 10.2 Å². The topological polar surface area (TPSA) is 146 Å². The summed E-state index contributed by atoms with van der Waals surface area (Å²) in [5.41, 5.74) is -1.28. The molecule has 1 N–H and O–H groups in total. The van der Waals surface area contributed by atoms with E-state index in [9.17, 15) is 24.5 Å². The summed E-state index contributed by atoms with van der Waals surface area (Å²) in [4.78, 5) is 49.8. The van der Waals surface area contributed by atoms with Gasteiger partial charge in [-0.15, -0.1) is 4.68 Å². The number of carbonyl (C=O) groups excluding carboxylic acids is 1. The maximum absolute atomic E-state index is 12.5. The number of nitro groups is 1. The van der Waals surface area contributed by atoms with E-state index in [1.54, 1.807) is 32.0 Å². The fourth-order valence-electron chi connectivity index (χ4n) is 2.76. The number of esters is 1. The van der Waals surface area contributed by atoms with Crippen molar-refractivity contribution in [3.63, 3.8) is 0 Å². The van der Waals surface area contributed by atoms with Gasteiger partial charge in [-0.3, -0.25) is 14.9 Å². The van der Waals surface area contributed by atoms with Gasteiger partial charge in [0.1, 0.15) is 0 Å². The Balaban J connectivity index is 1.95. The van der Waals surface area contributed by atoms with E-state index in [4.69, 9.17) is 9.47 Å². The minimum atomic E-state index is -0.762. The van der Waals surface area contributed by atoms with Crippen molar-refractivity contribution in [3.8, 4) is 5.75 Å². The lowest BCUT2D eigenvalue weighted by molar-refractivity contribution is -0.385. The number of halogens is 1. The Bertz CT molecular complexity index is 1340. The maximum Gasteiger partial charge on any atom is 0.349 e. The Kier molecular flexibility index (Phi) is 6.83. The van der Waals surface area contributed by atoms with Crippen LogP contribution in [-0.2, 0) is 9.53 Å². The molecule has 0 saturated carbocycles. The molecule has 0 saturated heterocycles. The highest BCUT2D eigenvalue weighted by molar-refractivity contribution is 9.10. The molecule has 0 aliphatic carbocycles. The summed E-state index contributed by atoms with van der Waals surface area (Å²) in [7, 11) is 0. The van der Waals surface area contributed by atoms with Crippen molar-refractivity contribution in [2.75, 3.05) is 6.61 Å². The molecule has 0 fully saturated rings. The van der Waals surface area contributed by atoms with E-state index in [-0.39, 0.29) is 27.3 Å². The number of aromatic amines is 1. The van der Waals surface area contributed by atoms with E-state index in [1.165, 1.54) is 12.1 Å². The van der Waals surface area contributed by atoms with Gasteiger partial charge >= 0.3 is 17.3 Å². The largest absolute Gasteiger partial charge is 0.474 e. The molecule has 0 bridgehead atoms. The molecule has 11 nitrogen and oxygen atoms in total. The van der Waals surface area contributed by atoms with Crippen molar-refractivity contribution in [1.82, 2.24) is 9.66 Å². The first-order valence-corrected chi connectivity index (χ1v) is 10.1. The highest BCUT2D eigenvalue weighted by atomic mass is 79.9. The zero-order chi connectivity index (χ0) is 23.4. The van der Waals surface area contributed by atoms with E-state index < -0.39 is 34.4 Å². The lowest BCUT2D eigenvalue weighted by atomic mass is 10.2. The second-order valence-corrected chi connectivity index (χ2v) is 7.63. The number of nitrogens with zero attached hydrogens (tertiary/aromatic N) is 3. The minimum Gasteiger partial charge on any atom is -0.474 e. The minimum absolute atomic E-state index is 0.172. The number of para-hydroxylation sites is 1.